The maximum Gasteiger partial charge on any atom is 0.393 e. The zero-order chi connectivity index (χ0) is 27.5. The van der Waals surface area contributed by atoms with Crippen LogP contribution in [0.1, 0.15) is 23.3 Å². The lowest BCUT2D eigenvalue weighted by atomic mass is 10.1. The summed E-state index contributed by atoms with van der Waals surface area (Å²) in [5.41, 5.74) is 1.69. The summed E-state index contributed by atoms with van der Waals surface area (Å²) < 4.78 is 70.0. The Balaban J connectivity index is 1.59. The van der Waals surface area contributed by atoms with Gasteiger partial charge >= 0.3 is 6.18 Å². The molecule has 0 saturated carbocycles. The van der Waals surface area contributed by atoms with Crippen LogP contribution in [0.4, 0.5) is 24.5 Å². The molecule has 204 valence electrons. The van der Waals surface area contributed by atoms with Gasteiger partial charge in [-0.3, -0.25) is 4.98 Å². The smallest absolute Gasteiger partial charge is 0.393 e. The molecule has 3 heterocycles. The molecular weight excluding hydrogens is 537 g/mol. The van der Waals surface area contributed by atoms with E-state index in [2.05, 4.69) is 39.4 Å². The lowest BCUT2D eigenvalue weighted by Crippen LogP contribution is -2.36. The summed E-state index contributed by atoms with van der Waals surface area (Å²) in [6.45, 7) is 2.03. The van der Waals surface area contributed by atoms with Gasteiger partial charge in [0.05, 0.1) is 51.4 Å². The van der Waals surface area contributed by atoms with E-state index < -0.39 is 22.4 Å². The number of methoxy groups -OCH3 is 1. The summed E-state index contributed by atoms with van der Waals surface area (Å²) in [5.74, 6) is 6.12. The highest BCUT2D eigenvalue weighted by Crippen LogP contribution is 2.38. The van der Waals surface area contributed by atoms with Crippen molar-refractivity contribution in [3.8, 4) is 17.6 Å². The van der Waals surface area contributed by atoms with Gasteiger partial charge in [0.25, 0.3) is 0 Å². The van der Waals surface area contributed by atoms with Crippen LogP contribution in [0.5, 0.6) is 5.75 Å². The van der Waals surface area contributed by atoms with Crippen LogP contribution < -0.4 is 15.4 Å². The number of alkyl halides is 3. The molecule has 38 heavy (non-hydrogen) atoms. The van der Waals surface area contributed by atoms with Crippen molar-refractivity contribution < 1.29 is 26.3 Å². The van der Waals surface area contributed by atoms with E-state index in [-0.39, 0.29) is 23.0 Å². The highest BCUT2D eigenvalue weighted by molar-refractivity contribution is 7.90. The zero-order valence-electron chi connectivity index (χ0n) is 21.3. The summed E-state index contributed by atoms with van der Waals surface area (Å²) in [6, 6.07) is 6.47. The quantitative estimate of drug-likeness (QED) is 0.398. The third kappa shape index (κ3) is 6.89. The van der Waals surface area contributed by atoms with Gasteiger partial charge in [-0.15, -0.1) is 11.3 Å². The number of aromatic nitrogens is 1. The number of halogens is 3. The Labute approximate surface area is 224 Å². The van der Waals surface area contributed by atoms with E-state index in [0.717, 1.165) is 37.9 Å². The molecule has 12 heteroatoms. The molecule has 0 amide bonds. The Bertz CT molecular complexity index is 1470. The minimum Gasteiger partial charge on any atom is -0.495 e. The lowest BCUT2D eigenvalue weighted by Gasteiger charge is -2.30. The molecule has 2 aromatic heterocycles. The fourth-order valence-corrected chi connectivity index (χ4v) is 6.07. The molecule has 0 aliphatic carbocycles. The third-order valence-electron chi connectivity index (χ3n) is 6.29. The topological polar surface area (TPSA) is 83.6 Å². The number of anilines is 2. The standard InChI is InChI=1S/C26H29F3N4O3S2/c1-33-13-9-17(10-14-33)32-21-8-12-31-24-19(16-26(27,28)29)23(37-25(21)24)5-4-11-30-20-7-6-18(38(3,34)35)15-22(20)36-2/h6-8,12,15,17,30H,9-11,13-14,16H2,1-3H3,(H,31,32). The molecule has 7 nitrogen and oxygen atoms in total. The van der Waals surface area contributed by atoms with E-state index in [9.17, 15) is 21.6 Å². The number of fused-ring (bicyclic) bond motifs is 1. The van der Waals surface area contributed by atoms with Gasteiger partial charge in [-0.2, -0.15) is 13.2 Å². The molecular formula is C26H29F3N4O3S2. The van der Waals surface area contributed by atoms with E-state index in [1.807, 2.05) is 0 Å². The Morgan fingerprint density at radius 2 is 1.95 bits per heavy atom. The number of sulfone groups is 1. The molecule has 1 fully saturated rings. The second-order valence-electron chi connectivity index (χ2n) is 9.25. The van der Waals surface area contributed by atoms with Crippen LogP contribution in [0, 0.1) is 11.8 Å². The van der Waals surface area contributed by atoms with Crippen molar-refractivity contribution >= 4 is 42.8 Å². The SMILES string of the molecule is COc1cc(S(C)(=O)=O)ccc1NCC#Cc1sc2c(NC3CCN(C)CC3)ccnc2c1CC(F)(F)F. The fraction of sp³-hybridized carbons (Fsp3) is 0.423. The molecule has 0 radical (unpaired) electrons. The molecule has 1 aromatic carbocycles. The van der Waals surface area contributed by atoms with Crippen molar-refractivity contribution in [3.63, 3.8) is 0 Å². The Kier molecular flexibility index (Phi) is 8.40. The molecule has 4 rings (SSSR count). The highest BCUT2D eigenvalue weighted by Gasteiger charge is 2.32. The van der Waals surface area contributed by atoms with Gasteiger partial charge in [0.1, 0.15) is 5.75 Å². The second-order valence-corrected chi connectivity index (χ2v) is 12.3. The van der Waals surface area contributed by atoms with Gasteiger partial charge in [-0.05, 0) is 51.2 Å². The van der Waals surface area contributed by atoms with E-state index in [1.165, 1.54) is 36.8 Å². The number of piperidine rings is 1. The number of hydrogen-bond acceptors (Lipinski definition) is 8. The predicted molar refractivity (Wildman–Crippen MR) is 145 cm³/mol. The lowest BCUT2D eigenvalue weighted by molar-refractivity contribution is -0.127. The second kappa shape index (κ2) is 11.4. The molecule has 1 saturated heterocycles. The number of benzene rings is 1. The minimum atomic E-state index is -4.41. The first kappa shape index (κ1) is 28.0. The number of nitrogens with one attached hydrogen (secondary N) is 2. The highest BCUT2D eigenvalue weighted by atomic mass is 32.2. The number of thiophene rings is 1. The average Bonchev–Trinajstić information content (AvgIpc) is 3.19. The molecule has 0 bridgehead atoms. The normalized spacial score (nSPS) is 15.2. The van der Waals surface area contributed by atoms with E-state index in [0.29, 0.717) is 26.5 Å². The van der Waals surface area contributed by atoms with Crippen molar-refractivity contribution in [1.82, 2.24) is 9.88 Å². The van der Waals surface area contributed by atoms with Crippen LogP contribution in [0.15, 0.2) is 35.4 Å². The van der Waals surface area contributed by atoms with E-state index in [4.69, 9.17) is 4.74 Å². The Morgan fingerprint density at radius 1 is 1.21 bits per heavy atom. The zero-order valence-corrected chi connectivity index (χ0v) is 22.9. The summed E-state index contributed by atoms with van der Waals surface area (Å²) in [5, 5.41) is 6.55. The summed E-state index contributed by atoms with van der Waals surface area (Å²) in [7, 11) is 0.0921. The van der Waals surface area contributed by atoms with Gasteiger partial charge in [-0.1, -0.05) is 11.8 Å². The molecule has 0 spiro atoms. The number of pyridine rings is 1. The first-order valence-electron chi connectivity index (χ1n) is 12.0. The van der Waals surface area contributed by atoms with Crippen molar-refractivity contribution in [2.75, 3.05) is 50.7 Å². The monoisotopic (exact) mass is 566 g/mol. The van der Waals surface area contributed by atoms with Crippen LogP contribution in [0.2, 0.25) is 0 Å². The summed E-state index contributed by atoms with van der Waals surface area (Å²) in [4.78, 5) is 6.98. The largest absolute Gasteiger partial charge is 0.495 e. The summed E-state index contributed by atoms with van der Waals surface area (Å²) in [6.07, 6.45) is -0.973. The van der Waals surface area contributed by atoms with Crippen LogP contribution in [0.3, 0.4) is 0 Å². The van der Waals surface area contributed by atoms with Crippen LogP contribution >= 0.6 is 11.3 Å². The molecule has 0 unspecified atom stereocenters. The molecule has 3 aromatic rings. The number of likely N-dealkylation sites (tertiary alicyclic amines) is 1. The summed E-state index contributed by atoms with van der Waals surface area (Å²) >= 11 is 1.21. The van der Waals surface area contributed by atoms with Crippen molar-refractivity contribution in [3.05, 3.63) is 40.9 Å². The maximum atomic E-state index is 13.5. The van der Waals surface area contributed by atoms with Gasteiger partial charge in [-0.25, -0.2) is 8.42 Å². The van der Waals surface area contributed by atoms with E-state index >= 15 is 0 Å². The first-order chi connectivity index (χ1) is 17.9. The van der Waals surface area contributed by atoms with Crippen molar-refractivity contribution in [2.24, 2.45) is 0 Å². The van der Waals surface area contributed by atoms with Crippen LogP contribution in [-0.2, 0) is 16.3 Å². The molecule has 1 aliphatic rings. The number of ether oxygens (including phenoxy) is 1. The Morgan fingerprint density at radius 3 is 2.61 bits per heavy atom. The third-order valence-corrected chi connectivity index (χ3v) is 8.57. The minimum absolute atomic E-state index is 0.0760. The van der Waals surface area contributed by atoms with E-state index in [1.54, 1.807) is 12.1 Å². The van der Waals surface area contributed by atoms with Crippen molar-refractivity contribution in [2.45, 2.75) is 36.4 Å². The van der Waals surface area contributed by atoms with Gasteiger partial charge in [0.15, 0.2) is 9.84 Å². The number of nitrogens with zero attached hydrogens (tertiary/aromatic N) is 2. The molecule has 2 N–H and O–H groups in total. The maximum absolute atomic E-state index is 13.5. The van der Waals surface area contributed by atoms with Crippen LogP contribution in [0.25, 0.3) is 10.2 Å². The van der Waals surface area contributed by atoms with Gasteiger partial charge < -0.3 is 20.3 Å². The van der Waals surface area contributed by atoms with Crippen molar-refractivity contribution in [1.29, 1.82) is 0 Å². The van der Waals surface area contributed by atoms with Gasteiger partial charge in [0.2, 0.25) is 0 Å². The van der Waals surface area contributed by atoms with Crippen LogP contribution in [-0.4, -0.2) is 70.6 Å². The Hall–Kier alpha value is -3.01. The number of hydrogen-bond donors (Lipinski definition) is 2. The molecule has 1 aliphatic heterocycles. The number of rotatable bonds is 7. The van der Waals surface area contributed by atoms with Gasteiger partial charge in [0, 0.05) is 30.1 Å². The first-order valence-corrected chi connectivity index (χ1v) is 14.7. The average molecular weight is 567 g/mol. The molecule has 0 atom stereocenters. The fourth-order valence-electron chi connectivity index (χ4n) is 4.30. The predicted octanol–water partition coefficient (Wildman–Crippen LogP) is 4.78.